The second-order valence-electron chi connectivity index (χ2n) is 5.58. The lowest BCUT2D eigenvalue weighted by atomic mass is 10.0. The highest BCUT2D eigenvalue weighted by Gasteiger charge is 2.28. The van der Waals surface area contributed by atoms with Crippen molar-refractivity contribution < 1.29 is 4.79 Å². The fourth-order valence-electron chi connectivity index (χ4n) is 2.64. The average molecular weight is 249 g/mol. The number of piperidine rings is 1. The van der Waals surface area contributed by atoms with Crippen LogP contribution in [-0.2, 0) is 5.54 Å². The van der Waals surface area contributed by atoms with E-state index in [2.05, 4.69) is 29.9 Å². The summed E-state index contributed by atoms with van der Waals surface area (Å²) in [7, 11) is 0. The number of nitrogens with zero attached hydrogens (tertiary/aromatic N) is 3. The van der Waals surface area contributed by atoms with Crippen LogP contribution in [0.1, 0.15) is 43.7 Å². The SMILES string of the molecule is CC(C)(CN1CCCCC1)n1c[c]nc1C(N)=O. The standard InChI is InChI=1S/C13H21N4O/c1-13(2,10-16-7-4-3-5-8-16)17-9-6-15-12(17)11(14)18/h9H,3-5,7-8,10H2,1-2H3,(H2,14,18). The molecule has 99 valence electrons. The Morgan fingerprint density at radius 1 is 1.44 bits per heavy atom. The van der Waals surface area contributed by atoms with Crippen molar-refractivity contribution in [2.24, 2.45) is 5.73 Å². The fourth-order valence-corrected chi connectivity index (χ4v) is 2.64. The number of carbonyl (C=O) groups is 1. The van der Waals surface area contributed by atoms with Gasteiger partial charge >= 0.3 is 0 Å². The molecule has 1 fully saturated rings. The van der Waals surface area contributed by atoms with Gasteiger partial charge in [0.1, 0.15) is 6.20 Å². The number of carbonyl (C=O) groups excluding carboxylic acids is 1. The van der Waals surface area contributed by atoms with Gasteiger partial charge in [0.05, 0.1) is 5.54 Å². The fraction of sp³-hybridized carbons (Fsp3) is 0.692. The lowest BCUT2D eigenvalue weighted by molar-refractivity contribution is 0.0968. The minimum atomic E-state index is -0.497. The minimum absolute atomic E-state index is 0.200. The van der Waals surface area contributed by atoms with Crippen LogP contribution in [0.25, 0.3) is 0 Å². The average Bonchev–Trinajstić information content (AvgIpc) is 2.79. The summed E-state index contributed by atoms with van der Waals surface area (Å²) in [5.74, 6) is -0.208. The van der Waals surface area contributed by atoms with Gasteiger partial charge in [-0.3, -0.25) is 4.79 Å². The maximum atomic E-state index is 11.3. The Bertz CT molecular complexity index is 418. The van der Waals surface area contributed by atoms with E-state index in [4.69, 9.17) is 5.73 Å². The molecule has 5 nitrogen and oxygen atoms in total. The molecule has 0 aromatic carbocycles. The lowest BCUT2D eigenvalue weighted by Crippen LogP contribution is -2.44. The van der Waals surface area contributed by atoms with Crippen molar-refractivity contribution in [2.45, 2.75) is 38.6 Å². The number of imidazole rings is 1. The zero-order valence-corrected chi connectivity index (χ0v) is 11.1. The van der Waals surface area contributed by atoms with Crippen LogP contribution in [0.3, 0.4) is 0 Å². The van der Waals surface area contributed by atoms with Gasteiger partial charge in [-0.2, -0.15) is 0 Å². The van der Waals surface area contributed by atoms with E-state index in [1.807, 2.05) is 4.57 Å². The lowest BCUT2D eigenvalue weighted by Gasteiger charge is -2.36. The van der Waals surface area contributed by atoms with Crippen molar-refractivity contribution in [3.63, 3.8) is 0 Å². The van der Waals surface area contributed by atoms with E-state index in [1.54, 1.807) is 6.20 Å². The summed E-state index contributed by atoms with van der Waals surface area (Å²) < 4.78 is 1.84. The zero-order chi connectivity index (χ0) is 13.2. The Kier molecular flexibility index (Phi) is 3.71. The smallest absolute Gasteiger partial charge is 0.284 e. The molecule has 1 aliphatic rings. The van der Waals surface area contributed by atoms with Gasteiger partial charge < -0.3 is 15.2 Å². The Morgan fingerprint density at radius 3 is 2.72 bits per heavy atom. The van der Waals surface area contributed by atoms with Gasteiger partial charge in [0.25, 0.3) is 5.91 Å². The molecule has 0 saturated carbocycles. The number of aromatic nitrogens is 2. The number of likely N-dealkylation sites (tertiary alicyclic amines) is 1. The summed E-state index contributed by atoms with van der Waals surface area (Å²) in [4.78, 5) is 17.7. The second-order valence-corrected chi connectivity index (χ2v) is 5.58. The van der Waals surface area contributed by atoms with Crippen molar-refractivity contribution in [1.82, 2.24) is 14.5 Å². The number of primary amides is 1. The first kappa shape index (κ1) is 13.1. The molecule has 5 heteroatoms. The van der Waals surface area contributed by atoms with Crippen molar-refractivity contribution in [3.05, 3.63) is 18.2 Å². The van der Waals surface area contributed by atoms with E-state index in [1.165, 1.54) is 19.3 Å². The summed E-state index contributed by atoms with van der Waals surface area (Å²) >= 11 is 0. The monoisotopic (exact) mass is 249 g/mol. The van der Waals surface area contributed by atoms with Crippen LogP contribution in [0, 0.1) is 6.20 Å². The highest BCUT2D eigenvalue weighted by atomic mass is 16.1. The molecule has 1 amide bonds. The van der Waals surface area contributed by atoms with Crippen LogP contribution < -0.4 is 5.73 Å². The Morgan fingerprint density at radius 2 is 2.11 bits per heavy atom. The molecule has 1 aromatic heterocycles. The highest BCUT2D eigenvalue weighted by Crippen LogP contribution is 2.21. The number of amides is 1. The first-order valence-electron chi connectivity index (χ1n) is 6.49. The Hall–Kier alpha value is -1.36. The minimum Gasteiger partial charge on any atom is -0.363 e. The third-order valence-electron chi connectivity index (χ3n) is 3.52. The number of rotatable bonds is 4. The molecular formula is C13H21N4O. The Balaban J connectivity index is 2.13. The van der Waals surface area contributed by atoms with Crippen LogP contribution in [0.2, 0.25) is 0 Å². The van der Waals surface area contributed by atoms with Crippen molar-refractivity contribution >= 4 is 5.91 Å². The van der Waals surface area contributed by atoms with Gasteiger partial charge in [-0.1, -0.05) is 6.42 Å². The van der Waals surface area contributed by atoms with Gasteiger partial charge in [0.2, 0.25) is 0 Å². The Labute approximate surface area is 108 Å². The maximum absolute atomic E-state index is 11.3. The van der Waals surface area contributed by atoms with Gasteiger partial charge in [-0.15, -0.1) is 0 Å². The van der Waals surface area contributed by atoms with Crippen LogP contribution in [0.15, 0.2) is 6.20 Å². The molecule has 1 aromatic rings. The van der Waals surface area contributed by atoms with Crippen LogP contribution in [0.5, 0.6) is 0 Å². The second kappa shape index (κ2) is 5.10. The molecule has 2 N–H and O–H groups in total. The molecule has 0 unspecified atom stereocenters. The first-order chi connectivity index (χ1) is 8.50. The molecule has 1 aliphatic heterocycles. The summed E-state index contributed by atoms with van der Waals surface area (Å²) in [5.41, 5.74) is 5.13. The third kappa shape index (κ3) is 2.72. The summed E-state index contributed by atoms with van der Waals surface area (Å²) in [6, 6.07) is 0. The van der Waals surface area contributed by atoms with E-state index in [0.717, 1.165) is 19.6 Å². The van der Waals surface area contributed by atoms with E-state index < -0.39 is 5.91 Å². The largest absolute Gasteiger partial charge is 0.363 e. The van der Waals surface area contributed by atoms with E-state index in [0.29, 0.717) is 0 Å². The molecule has 1 radical (unpaired) electrons. The predicted octanol–water partition coefficient (Wildman–Crippen LogP) is 1.00. The molecule has 1 saturated heterocycles. The van der Waals surface area contributed by atoms with Crippen LogP contribution in [-0.4, -0.2) is 40.0 Å². The van der Waals surface area contributed by atoms with Crippen molar-refractivity contribution in [1.29, 1.82) is 0 Å². The quantitative estimate of drug-likeness (QED) is 0.866. The molecule has 2 heterocycles. The summed E-state index contributed by atoms with van der Waals surface area (Å²) in [6.07, 6.45) is 8.27. The summed E-state index contributed by atoms with van der Waals surface area (Å²) in [6.45, 7) is 7.37. The van der Waals surface area contributed by atoms with E-state index in [-0.39, 0.29) is 11.4 Å². The van der Waals surface area contributed by atoms with E-state index in [9.17, 15) is 4.79 Å². The zero-order valence-electron chi connectivity index (χ0n) is 11.1. The van der Waals surface area contributed by atoms with Gasteiger partial charge in [-0.25, -0.2) is 4.98 Å². The predicted molar refractivity (Wildman–Crippen MR) is 69.2 cm³/mol. The van der Waals surface area contributed by atoms with Gasteiger partial charge in [0.15, 0.2) is 5.82 Å². The maximum Gasteiger partial charge on any atom is 0.284 e. The third-order valence-corrected chi connectivity index (χ3v) is 3.52. The first-order valence-corrected chi connectivity index (χ1v) is 6.49. The number of hydrogen-bond donors (Lipinski definition) is 1. The van der Waals surface area contributed by atoms with Crippen LogP contribution >= 0.6 is 0 Å². The normalized spacial score (nSPS) is 17.9. The molecule has 0 bridgehead atoms. The van der Waals surface area contributed by atoms with Crippen molar-refractivity contribution in [2.75, 3.05) is 19.6 Å². The molecule has 2 rings (SSSR count). The van der Waals surface area contributed by atoms with Gasteiger partial charge in [-0.05, 0) is 39.8 Å². The molecule has 0 spiro atoms. The number of nitrogens with two attached hydrogens (primary N) is 1. The molecule has 0 atom stereocenters. The molecular weight excluding hydrogens is 228 g/mol. The topological polar surface area (TPSA) is 64.2 Å². The molecule has 18 heavy (non-hydrogen) atoms. The highest BCUT2D eigenvalue weighted by molar-refractivity contribution is 5.89. The van der Waals surface area contributed by atoms with Gasteiger partial charge in [0, 0.05) is 12.7 Å². The van der Waals surface area contributed by atoms with Crippen LogP contribution in [0.4, 0.5) is 0 Å². The van der Waals surface area contributed by atoms with E-state index >= 15 is 0 Å². The van der Waals surface area contributed by atoms with Crippen molar-refractivity contribution in [3.8, 4) is 0 Å². The molecule has 0 aliphatic carbocycles. The summed E-state index contributed by atoms with van der Waals surface area (Å²) in [5, 5.41) is 0. The number of hydrogen-bond acceptors (Lipinski definition) is 3.